The van der Waals surface area contributed by atoms with Crippen molar-refractivity contribution in [1.29, 1.82) is 0 Å². The lowest BCUT2D eigenvalue weighted by Gasteiger charge is -2.23. The lowest BCUT2D eigenvalue weighted by atomic mass is 10.2. The minimum absolute atomic E-state index is 0.367. The van der Waals surface area contributed by atoms with Crippen molar-refractivity contribution in [2.75, 3.05) is 0 Å². The molecule has 21 heavy (non-hydrogen) atoms. The first-order valence-corrected chi connectivity index (χ1v) is 6.35. The first kappa shape index (κ1) is 13.1. The topological polar surface area (TPSA) is 90.0 Å². The van der Waals surface area contributed by atoms with Crippen molar-refractivity contribution < 1.29 is 14.3 Å². The Morgan fingerprint density at radius 1 is 1.24 bits per heavy atom. The number of nitrogens with zero attached hydrogens (tertiary/aromatic N) is 2. The first-order chi connectivity index (χ1) is 10.1. The number of nitrogens with one attached hydrogen (secondary N) is 1. The molecule has 6 heteroatoms. The van der Waals surface area contributed by atoms with Gasteiger partial charge >= 0.3 is 0 Å². The van der Waals surface area contributed by atoms with Crippen molar-refractivity contribution in [2.45, 2.75) is 12.7 Å². The number of para-hydroxylation sites is 2. The molecule has 1 aromatic heterocycles. The number of furan rings is 1. The zero-order valence-electron chi connectivity index (χ0n) is 11.2. The molecule has 2 heterocycles. The van der Waals surface area contributed by atoms with Gasteiger partial charge in [-0.05, 0) is 37.3 Å². The molecule has 0 amide bonds. The van der Waals surface area contributed by atoms with Crippen LogP contribution >= 0.6 is 0 Å². The van der Waals surface area contributed by atoms with Gasteiger partial charge in [0.25, 0.3) is 5.79 Å². The van der Waals surface area contributed by atoms with E-state index in [0.717, 1.165) is 6.08 Å². The van der Waals surface area contributed by atoms with Crippen LogP contribution in [-0.2, 0) is 10.6 Å². The zero-order valence-corrected chi connectivity index (χ0v) is 11.2. The number of hydrogen-bond acceptors (Lipinski definition) is 6. The van der Waals surface area contributed by atoms with Crippen LogP contribution in [0.2, 0.25) is 0 Å². The molecule has 3 rings (SSSR count). The molecule has 106 valence electrons. The Bertz CT molecular complexity index is 787. The normalized spacial score (nSPS) is 15.8. The second-order valence-electron chi connectivity index (χ2n) is 4.63. The maximum absolute atomic E-state index is 10.7. The quantitative estimate of drug-likeness (QED) is 0.772. The monoisotopic (exact) mass is 282 g/mol. The fourth-order valence-corrected chi connectivity index (χ4v) is 2.22. The summed E-state index contributed by atoms with van der Waals surface area (Å²) < 4.78 is 5.42. The summed E-state index contributed by atoms with van der Waals surface area (Å²) in [5.41, 5.74) is 0.367. The molecular weight excluding hydrogens is 270 g/mol. The van der Waals surface area contributed by atoms with E-state index >= 15 is 0 Å². The molecule has 1 aliphatic heterocycles. The number of carboxylic acid groups (broad SMARTS) is 1. The molecule has 0 atom stereocenters. The van der Waals surface area contributed by atoms with E-state index in [-0.39, 0.29) is 0 Å². The third-order valence-electron chi connectivity index (χ3n) is 3.02. The number of carboxylic acids is 1. The van der Waals surface area contributed by atoms with E-state index in [1.54, 1.807) is 19.1 Å². The maximum atomic E-state index is 10.7. The van der Waals surface area contributed by atoms with E-state index in [4.69, 9.17) is 4.42 Å². The van der Waals surface area contributed by atoms with E-state index in [9.17, 15) is 9.90 Å². The van der Waals surface area contributed by atoms with Crippen molar-refractivity contribution >= 4 is 5.97 Å². The molecule has 0 spiro atoms. The third kappa shape index (κ3) is 2.43. The predicted octanol–water partition coefficient (Wildman–Crippen LogP) is -0.414. The molecule has 0 fully saturated rings. The Balaban J connectivity index is 2.12. The van der Waals surface area contributed by atoms with E-state index in [1.807, 2.05) is 24.3 Å². The smallest absolute Gasteiger partial charge is 0.286 e. The van der Waals surface area contributed by atoms with Gasteiger partial charge in [0.15, 0.2) is 5.76 Å². The van der Waals surface area contributed by atoms with Crippen LogP contribution in [0.4, 0.5) is 0 Å². The SMILES string of the molecule is C/C(=C/C(=O)[O-])NC1(c2ccco2)N=c2ccccc2=N1. The summed E-state index contributed by atoms with van der Waals surface area (Å²) in [5.74, 6) is -2.00. The number of hydrogen-bond donors (Lipinski definition) is 1. The average molecular weight is 282 g/mol. The molecule has 0 saturated carbocycles. The van der Waals surface area contributed by atoms with Crippen molar-refractivity contribution in [3.8, 4) is 0 Å². The predicted molar refractivity (Wildman–Crippen MR) is 71.0 cm³/mol. The average Bonchev–Trinajstić information content (AvgIpc) is 3.04. The standard InChI is InChI=1S/C15H13N3O3/c1-10(9-14(19)20)16-15(13-7-4-8-21-13)17-11-5-2-3-6-12(11)18-15/h2-9,16H,1H3,(H,19,20)/p-1/b10-9-. The number of carbonyl (C=O) groups excluding carboxylic acids is 1. The molecule has 0 aliphatic carbocycles. The lowest BCUT2D eigenvalue weighted by molar-refractivity contribution is -0.297. The van der Waals surface area contributed by atoms with Crippen molar-refractivity contribution in [1.82, 2.24) is 5.32 Å². The molecule has 0 unspecified atom stereocenters. The molecule has 1 aromatic carbocycles. The summed E-state index contributed by atoms with van der Waals surface area (Å²) in [6, 6.07) is 10.9. The van der Waals surface area contributed by atoms with Crippen LogP contribution in [0.3, 0.4) is 0 Å². The van der Waals surface area contributed by atoms with Crippen LogP contribution in [0.1, 0.15) is 12.7 Å². The van der Waals surface area contributed by atoms with Crippen molar-refractivity contribution in [3.63, 3.8) is 0 Å². The van der Waals surface area contributed by atoms with Crippen LogP contribution in [0.15, 0.2) is 68.8 Å². The van der Waals surface area contributed by atoms with Crippen LogP contribution in [0.25, 0.3) is 0 Å². The van der Waals surface area contributed by atoms with Gasteiger partial charge in [-0.3, -0.25) is 0 Å². The summed E-state index contributed by atoms with van der Waals surface area (Å²) in [4.78, 5) is 19.8. The Labute approximate surface area is 120 Å². The fourth-order valence-electron chi connectivity index (χ4n) is 2.22. The Hall–Kier alpha value is -2.89. The number of benzene rings is 1. The minimum atomic E-state index is -1.29. The Morgan fingerprint density at radius 2 is 1.90 bits per heavy atom. The molecule has 0 radical (unpaired) electrons. The second-order valence-corrected chi connectivity index (χ2v) is 4.63. The third-order valence-corrected chi connectivity index (χ3v) is 3.02. The Kier molecular flexibility index (Phi) is 3.06. The molecular formula is C15H12N3O3-. The summed E-state index contributed by atoms with van der Waals surface area (Å²) in [5, 5.41) is 15.1. The number of fused-ring (bicyclic) bond motifs is 1. The minimum Gasteiger partial charge on any atom is -0.545 e. The number of rotatable bonds is 4. The molecule has 0 bridgehead atoms. The molecule has 2 aromatic rings. The highest BCUT2D eigenvalue weighted by molar-refractivity contribution is 5.78. The summed E-state index contributed by atoms with van der Waals surface area (Å²) >= 11 is 0. The van der Waals surface area contributed by atoms with Gasteiger partial charge in [-0.25, -0.2) is 9.98 Å². The molecule has 1 N–H and O–H groups in total. The Morgan fingerprint density at radius 3 is 2.43 bits per heavy atom. The van der Waals surface area contributed by atoms with Gasteiger partial charge in [-0.2, -0.15) is 0 Å². The summed E-state index contributed by atoms with van der Waals surface area (Å²) in [7, 11) is 0. The van der Waals surface area contributed by atoms with Crippen molar-refractivity contribution in [2.24, 2.45) is 9.98 Å². The lowest BCUT2D eigenvalue weighted by Crippen LogP contribution is -2.37. The molecule has 6 nitrogen and oxygen atoms in total. The zero-order chi connectivity index (χ0) is 14.9. The molecule has 0 saturated heterocycles. The van der Waals surface area contributed by atoms with Gasteiger partial charge in [0.2, 0.25) is 0 Å². The van der Waals surface area contributed by atoms with Gasteiger partial charge in [-0.1, -0.05) is 12.1 Å². The fraction of sp³-hybridized carbons (Fsp3) is 0.133. The second kappa shape index (κ2) is 4.90. The van der Waals surface area contributed by atoms with E-state index < -0.39 is 11.8 Å². The maximum Gasteiger partial charge on any atom is 0.286 e. The summed E-state index contributed by atoms with van der Waals surface area (Å²) in [6.07, 6.45) is 2.48. The van der Waals surface area contributed by atoms with Crippen LogP contribution in [-0.4, -0.2) is 5.97 Å². The largest absolute Gasteiger partial charge is 0.545 e. The van der Waals surface area contributed by atoms with E-state index in [1.165, 1.54) is 6.26 Å². The van der Waals surface area contributed by atoms with Gasteiger partial charge in [0.05, 0.1) is 22.9 Å². The van der Waals surface area contributed by atoms with E-state index in [2.05, 4.69) is 15.3 Å². The van der Waals surface area contributed by atoms with Gasteiger partial charge < -0.3 is 19.6 Å². The number of carbonyl (C=O) groups is 1. The highest BCUT2D eigenvalue weighted by atomic mass is 16.4. The van der Waals surface area contributed by atoms with Crippen LogP contribution in [0, 0.1) is 0 Å². The van der Waals surface area contributed by atoms with E-state index in [0.29, 0.717) is 22.2 Å². The molecule has 1 aliphatic rings. The van der Waals surface area contributed by atoms with Crippen molar-refractivity contribution in [3.05, 3.63) is 70.9 Å². The number of aliphatic carboxylic acids is 1. The number of allylic oxidation sites excluding steroid dienone is 1. The first-order valence-electron chi connectivity index (χ1n) is 6.35. The van der Waals surface area contributed by atoms with Crippen LogP contribution < -0.4 is 21.1 Å². The van der Waals surface area contributed by atoms with Gasteiger partial charge in [0, 0.05) is 5.70 Å². The van der Waals surface area contributed by atoms with Gasteiger partial charge in [0.1, 0.15) is 0 Å². The highest BCUT2D eigenvalue weighted by Crippen LogP contribution is 2.26. The highest BCUT2D eigenvalue weighted by Gasteiger charge is 2.36. The summed E-state index contributed by atoms with van der Waals surface area (Å²) in [6.45, 7) is 1.61. The van der Waals surface area contributed by atoms with Gasteiger partial charge in [-0.15, -0.1) is 0 Å². The van der Waals surface area contributed by atoms with Crippen LogP contribution in [0.5, 0.6) is 0 Å².